The van der Waals surface area contributed by atoms with Gasteiger partial charge in [-0.15, -0.1) is 0 Å². The zero-order valence-electron chi connectivity index (χ0n) is 9.32. The Balaban J connectivity index is 2.04. The van der Waals surface area contributed by atoms with E-state index in [1.165, 1.54) is 24.8 Å². The maximum Gasteiger partial charge on any atom is 0.0466 e. The van der Waals surface area contributed by atoms with Gasteiger partial charge in [-0.1, -0.05) is 37.3 Å². The molecule has 0 radical (unpaired) electrons. The molecule has 2 saturated carbocycles. The minimum absolute atomic E-state index is 0.0375. The fourth-order valence-electron chi connectivity index (χ4n) is 3.89. The summed E-state index contributed by atoms with van der Waals surface area (Å²) in [7, 11) is 0. The number of benzene rings is 1. The van der Waals surface area contributed by atoms with Gasteiger partial charge in [-0.3, -0.25) is 0 Å². The van der Waals surface area contributed by atoms with Gasteiger partial charge >= 0.3 is 0 Å². The van der Waals surface area contributed by atoms with E-state index in [0.717, 1.165) is 11.8 Å². The molecule has 0 saturated heterocycles. The summed E-state index contributed by atoms with van der Waals surface area (Å²) >= 11 is 0. The summed E-state index contributed by atoms with van der Waals surface area (Å²) in [4.78, 5) is 0. The van der Waals surface area contributed by atoms with Gasteiger partial charge in [0.25, 0.3) is 0 Å². The maximum absolute atomic E-state index is 6.71. The van der Waals surface area contributed by atoms with E-state index < -0.39 is 0 Å². The zero-order chi connectivity index (χ0) is 10.5. The van der Waals surface area contributed by atoms with Crippen LogP contribution in [-0.2, 0) is 5.54 Å². The van der Waals surface area contributed by atoms with Crippen molar-refractivity contribution < 1.29 is 0 Å². The molecule has 15 heavy (non-hydrogen) atoms. The first-order valence-corrected chi connectivity index (χ1v) is 6.07. The van der Waals surface area contributed by atoms with Crippen LogP contribution in [0.2, 0.25) is 0 Å². The normalized spacial score (nSPS) is 43.5. The lowest BCUT2D eigenvalue weighted by Crippen LogP contribution is -2.47. The highest BCUT2D eigenvalue weighted by Crippen LogP contribution is 2.57. The smallest absolute Gasteiger partial charge is 0.0466 e. The average Bonchev–Trinajstić information content (AvgIpc) is 2.84. The van der Waals surface area contributed by atoms with E-state index in [1.807, 2.05) is 0 Å². The molecule has 2 aliphatic rings. The molecule has 2 fully saturated rings. The van der Waals surface area contributed by atoms with Gasteiger partial charge in [-0.2, -0.15) is 0 Å². The van der Waals surface area contributed by atoms with Gasteiger partial charge in [0, 0.05) is 5.54 Å². The first-order valence-electron chi connectivity index (χ1n) is 6.07. The van der Waals surface area contributed by atoms with Crippen molar-refractivity contribution in [3.05, 3.63) is 35.9 Å². The fourth-order valence-corrected chi connectivity index (χ4v) is 3.89. The van der Waals surface area contributed by atoms with E-state index in [9.17, 15) is 0 Å². The molecule has 3 rings (SSSR count). The van der Waals surface area contributed by atoms with Crippen LogP contribution in [0.4, 0.5) is 0 Å². The van der Waals surface area contributed by atoms with Crippen molar-refractivity contribution >= 4 is 0 Å². The summed E-state index contributed by atoms with van der Waals surface area (Å²) < 4.78 is 0. The molecule has 2 bridgehead atoms. The monoisotopic (exact) mass is 201 g/mol. The molecule has 0 aromatic heterocycles. The number of fused-ring (bicyclic) bond motifs is 2. The summed E-state index contributed by atoms with van der Waals surface area (Å²) in [5, 5.41) is 0. The second kappa shape index (κ2) is 3.08. The summed E-state index contributed by atoms with van der Waals surface area (Å²) in [5.74, 6) is 2.25. The molecule has 2 unspecified atom stereocenters. The minimum Gasteiger partial charge on any atom is -0.321 e. The standard InChI is InChI=1S/C14H19N/c1-10-11-7-8-13(9-11)14(10,15)12-5-3-2-4-6-12/h2-6,10-11,13H,7-9,15H2,1H3/t10?,11-,13+,14?/m1/s1. The third kappa shape index (κ3) is 1.13. The maximum atomic E-state index is 6.71. The Kier molecular flexibility index (Phi) is 1.93. The molecule has 1 aromatic rings. The predicted molar refractivity (Wildman–Crippen MR) is 62.3 cm³/mol. The second-order valence-electron chi connectivity index (χ2n) is 5.36. The van der Waals surface area contributed by atoms with Gasteiger partial charge in [0.1, 0.15) is 0 Å². The van der Waals surface area contributed by atoms with Gasteiger partial charge in [0.15, 0.2) is 0 Å². The van der Waals surface area contributed by atoms with E-state index in [0.29, 0.717) is 5.92 Å². The van der Waals surface area contributed by atoms with Gasteiger partial charge < -0.3 is 5.73 Å². The Hall–Kier alpha value is -0.820. The van der Waals surface area contributed by atoms with Crippen molar-refractivity contribution in [2.45, 2.75) is 31.7 Å². The first kappa shape index (κ1) is 9.41. The van der Waals surface area contributed by atoms with Crippen LogP contribution in [0.5, 0.6) is 0 Å². The molecule has 0 amide bonds. The molecule has 1 heteroatoms. The second-order valence-corrected chi connectivity index (χ2v) is 5.36. The summed E-state index contributed by atoms with van der Waals surface area (Å²) in [6.45, 7) is 2.34. The lowest BCUT2D eigenvalue weighted by molar-refractivity contribution is 0.190. The number of nitrogens with two attached hydrogens (primary N) is 1. The van der Waals surface area contributed by atoms with Crippen molar-refractivity contribution in [2.24, 2.45) is 23.5 Å². The molecule has 0 aliphatic heterocycles. The highest BCUT2D eigenvalue weighted by molar-refractivity contribution is 5.29. The minimum atomic E-state index is -0.0375. The summed E-state index contributed by atoms with van der Waals surface area (Å²) in [6, 6.07) is 10.7. The SMILES string of the molecule is CC1[C@@H]2CC[C@@H](C2)C1(N)c1ccccc1. The summed E-state index contributed by atoms with van der Waals surface area (Å²) in [5.41, 5.74) is 8.02. The molecule has 0 spiro atoms. The van der Waals surface area contributed by atoms with Gasteiger partial charge in [0.2, 0.25) is 0 Å². The lowest BCUT2D eigenvalue weighted by atomic mass is 9.70. The van der Waals surface area contributed by atoms with E-state index in [-0.39, 0.29) is 5.54 Å². The molecular weight excluding hydrogens is 182 g/mol. The third-order valence-electron chi connectivity index (χ3n) is 4.88. The van der Waals surface area contributed by atoms with Gasteiger partial charge in [-0.05, 0) is 42.6 Å². The number of hydrogen-bond acceptors (Lipinski definition) is 1. The van der Waals surface area contributed by atoms with Crippen LogP contribution in [0.25, 0.3) is 0 Å². The van der Waals surface area contributed by atoms with Gasteiger partial charge in [0.05, 0.1) is 0 Å². The van der Waals surface area contributed by atoms with Crippen molar-refractivity contribution in [1.29, 1.82) is 0 Å². The number of rotatable bonds is 1. The van der Waals surface area contributed by atoms with E-state index in [2.05, 4.69) is 37.3 Å². The third-order valence-corrected chi connectivity index (χ3v) is 4.88. The largest absolute Gasteiger partial charge is 0.321 e. The van der Waals surface area contributed by atoms with E-state index >= 15 is 0 Å². The highest BCUT2D eigenvalue weighted by Gasteiger charge is 2.54. The van der Waals surface area contributed by atoms with Crippen LogP contribution in [0, 0.1) is 17.8 Å². The van der Waals surface area contributed by atoms with Crippen LogP contribution in [0.3, 0.4) is 0 Å². The molecule has 1 aromatic carbocycles. The Morgan fingerprint density at radius 3 is 2.53 bits per heavy atom. The van der Waals surface area contributed by atoms with Crippen LogP contribution < -0.4 is 5.73 Å². The topological polar surface area (TPSA) is 26.0 Å². The van der Waals surface area contributed by atoms with E-state index in [4.69, 9.17) is 5.73 Å². The first-order chi connectivity index (χ1) is 7.23. The zero-order valence-corrected chi connectivity index (χ0v) is 9.32. The van der Waals surface area contributed by atoms with E-state index in [1.54, 1.807) is 0 Å². The molecular formula is C14H19N. The Labute approximate surface area is 91.7 Å². The molecule has 1 nitrogen and oxygen atoms in total. The Morgan fingerprint density at radius 2 is 1.93 bits per heavy atom. The average molecular weight is 201 g/mol. The molecule has 0 heterocycles. The van der Waals surface area contributed by atoms with Crippen molar-refractivity contribution in [2.75, 3.05) is 0 Å². The fraction of sp³-hybridized carbons (Fsp3) is 0.571. The highest BCUT2D eigenvalue weighted by atomic mass is 14.8. The predicted octanol–water partition coefficient (Wildman–Crippen LogP) is 2.91. The summed E-state index contributed by atoms with van der Waals surface area (Å²) in [6.07, 6.45) is 4.09. The van der Waals surface area contributed by atoms with Crippen LogP contribution >= 0.6 is 0 Å². The van der Waals surface area contributed by atoms with Crippen molar-refractivity contribution in [1.82, 2.24) is 0 Å². The lowest BCUT2D eigenvalue weighted by Gasteiger charge is -2.39. The molecule has 2 aliphatic carbocycles. The Morgan fingerprint density at radius 1 is 1.20 bits per heavy atom. The number of hydrogen-bond donors (Lipinski definition) is 1. The quantitative estimate of drug-likeness (QED) is 0.743. The Bertz CT molecular complexity index is 355. The van der Waals surface area contributed by atoms with Crippen molar-refractivity contribution in [3.63, 3.8) is 0 Å². The molecule has 2 N–H and O–H groups in total. The molecule has 80 valence electrons. The van der Waals surface area contributed by atoms with Gasteiger partial charge in [-0.25, -0.2) is 0 Å². The van der Waals surface area contributed by atoms with Crippen LogP contribution in [-0.4, -0.2) is 0 Å². The van der Waals surface area contributed by atoms with Crippen LogP contribution in [0.15, 0.2) is 30.3 Å². The van der Waals surface area contributed by atoms with Crippen LogP contribution in [0.1, 0.15) is 31.7 Å². The molecule has 4 atom stereocenters. The van der Waals surface area contributed by atoms with Crippen molar-refractivity contribution in [3.8, 4) is 0 Å².